The summed E-state index contributed by atoms with van der Waals surface area (Å²) >= 11 is 0. The zero-order valence-electron chi connectivity index (χ0n) is 24.2. The number of aromatic nitrogens is 1. The predicted octanol–water partition coefficient (Wildman–Crippen LogP) is 1.54. The third-order valence-corrected chi connectivity index (χ3v) is 9.13. The molecule has 2 fully saturated rings. The van der Waals surface area contributed by atoms with E-state index in [1.54, 1.807) is 20.2 Å². The summed E-state index contributed by atoms with van der Waals surface area (Å²) in [6.07, 6.45) is 3.82. The van der Waals surface area contributed by atoms with E-state index in [0.29, 0.717) is 11.1 Å². The fourth-order valence-corrected chi connectivity index (χ4v) is 7.26. The van der Waals surface area contributed by atoms with Crippen LogP contribution in [0.25, 0.3) is 23.3 Å². The second kappa shape index (κ2) is 10.1. The van der Waals surface area contributed by atoms with Crippen molar-refractivity contribution in [2.45, 2.75) is 24.5 Å². The van der Waals surface area contributed by atoms with Gasteiger partial charge in [0.05, 0.1) is 17.5 Å². The van der Waals surface area contributed by atoms with E-state index in [-0.39, 0.29) is 29.9 Å². The Morgan fingerprint density at radius 2 is 1.77 bits per heavy atom. The molecular formula is C32H32N4O7. The van der Waals surface area contributed by atoms with Gasteiger partial charge in [-0.25, -0.2) is 4.98 Å². The molecule has 222 valence electrons. The second-order valence-corrected chi connectivity index (χ2v) is 12.1. The zero-order valence-corrected chi connectivity index (χ0v) is 24.2. The van der Waals surface area contributed by atoms with Crippen LogP contribution in [0.15, 0.2) is 40.8 Å². The van der Waals surface area contributed by atoms with Gasteiger partial charge in [0.15, 0.2) is 40.2 Å². The van der Waals surface area contributed by atoms with Crippen LogP contribution in [0.2, 0.25) is 0 Å². The van der Waals surface area contributed by atoms with Gasteiger partial charge in [-0.1, -0.05) is 30.3 Å². The fraction of sp³-hybridized carbons (Fsp3) is 0.375. The zero-order chi connectivity index (χ0) is 31.0. The van der Waals surface area contributed by atoms with Crippen LogP contribution in [0.1, 0.15) is 33.8 Å². The van der Waals surface area contributed by atoms with Crippen molar-refractivity contribution >= 4 is 58.0 Å². The largest absolute Gasteiger partial charge is 0.436 e. The quantitative estimate of drug-likeness (QED) is 0.420. The predicted molar refractivity (Wildman–Crippen MR) is 157 cm³/mol. The maximum Gasteiger partial charge on any atom is 0.235 e. The van der Waals surface area contributed by atoms with Crippen LogP contribution in [0.3, 0.4) is 0 Å². The Hall–Kier alpha value is -4.48. The van der Waals surface area contributed by atoms with Crippen molar-refractivity contribution in [3.05, 3.63) is 59.0 Å². The maximum absolute atomic E-state index is 14.3. The molecule has 2 aromatic carbocycles. The van der Waals surface area contributed by atoms with Gasteiger partial charge < -0.3 is 20.2 Å². The molecule has 6 atom stereocenters. The summed E-state index contributed by atoms with van der Waals surface area (Å²) in [6.45, 7) is 0. The van der Waals surface area contributed by atoms with Crippen LogP contribution in [-0.2, 0) is 25.6 Å². The van der Waals surface area contributed by atoms with E-state index in [4.69, 9.17) is 10.2 Å². The molecule has 2 unspecified atom stereocenters. The lowest BCUT2D eigenvalue weighted by Gasteiger charge is -2.52. The number of rotatable bonds is 5. The van der Waals surface area contributed by atoms with Crippen molar-refractivity contribution < 1.29 is 33.5 Å². The van der Waals surface area contributed by atoms with E-state index < -0.39 is 64.4 Å². The first-order valence-electron chi connectivity index (χ1n) is 14.1. The number of nitrogens with zero attached hydrogens (tertiary/aromatic N) is 3. The number of oxazole rings is 1. The van der Waals surface area contributed by atoms with Gasteiger partial charge in [-0.05, 0) is 56.1 Å². The average Bonchev–Trinajstić information content (AvgIpc) is 3.36. The van der Waals surface area contributed by atoms with Gasteiger partial charge in [-0.2, -0.15) is 0 Å². The second-order valence-electron chi connectivity index (χ2n) is 12.1. The van der Waals surface area contributed by atoms with Crippen molar-refractivity contribution in [3.8, 4) is 0 Å². The van der Waals surface area contributed by atoms with Crippen molar-refractivity contribution in [1.29, 1.82) is 0 Å². The summed E-state index contributed by atoms with van der Waals surface area (Å²) in [5.74, 6) is -9.68. The van der Waals surface area contributed by atoms with Gasteiger partial charge in [0.25, 0.3) is 0 Å². The molecule has 0 aliphatic heterocycles. The van der Waals surface area contributed by atoms with Gasteiger partial charge >= 0.3 is 0 Å². The molecule has 3 aliphatic rings. The molecule has 3 aromatic rings. The van der Waals surface area contributed by atoms with Crippen LogP contribution < -0.4 is 10.6 Å². The molecule has 6 rings (SSSR count). The Kier molecular flexibility index (Phi) is 6.70. The third kappa shape index (κ3) is 4.17. The Labute approximate surface area is 247 Å². The number of hydrogen-bond donors (Lipinski definition) is 2. The molecule has 1 amide bonds. The Morgan fingerprint density at radius 1 is 1.07 bits per heavy atom. The number of nitrogens with two attached hydrogens (primary N) is 1. The number of anilines is 1. The highest BCUT2D eigenvalue weighted by atomic mass is 16.3. The number of primary amides is 1. The third-order valence-electron chi connectivity index (χ3n) is 9.13. The lowest BCUT2D eigenvalue weighted by atomic mass is 9.52. The SMILES string of the molecule is CN(C)c1cc2nc(C=Cc3ccccc3)oc2c2c1C[C@H]1C[C@H]3[C@H](N(C)C)C(=O)C(C(N)=O)C(=O)[C@@]3(O)C(=O)C1C2=O. The van der Waals surface area contributed by atoms with Crippen molar-refractivity contribution in [2.75, 3.05) is 33.1 Å². The molecule has 2 saturated carbocycles. The Balaban J connectivity index is 1.48. The first kappa shape index (κ1) is 28.6. The lowest BCUT2D eigenvalue weighted by molar-refractivity contribution is -0.181. The van der Waals surface area contributed by atoms with E-state index in [1.165, 1.54) is 4.90 Å². The number of benzene rings is 2. The van der Waals surface area contributed by atoms with Crippen LogP contribution >= 0.6 is 0 Å². The van der Waals surface area contributed by atoms with Crippen LogP contribution in [-0.4, -0.2) is 83.9 Å². The van der Waals surface area contributed by atoms with E-state index in [2.05, 4.69) is 4.98 Å². The number of likely N-dealkylation sites (N-methyl/N-ethyl adjacent to an activating group) is 1. The standard InChI is InChI=1S/C32H32N4O7/c1-35(2)20-14-19-28(43-21(34-19)11-10-15-8-6-5-7-9-15)23-17(20)12-16-13-18-25(36(3)4)27(38)24(31(33)41)30(40)32(18,42)29(39)22(16)26(23)37/h5-11,14,16,18,22,24-25,42H,12-13H2,1-4H3,(H2,33,41)/t16-,18-,22?,24?,25-,32-/m0/s1. The molecule has 1 heterocycles. The lowest BCUT2D eigenvalue weighted by Crippen LogP contribution is -2.74. The summed E-state index contributed by atoms with van der Waals surface area (Å²) in [5, 5.41) is 11.8. The molecule has 11 nitrogen and oxygen atoms in total. The molecule has 11 heteroatoms. The van der Waals surface area contributed by atoms with E-state index >= 15 is 0 Å². The summed E-state index contributed by atoms with van der Waals surface area (Å²) < 4.78 is 6.08. The summed E-state index contributed by atoms with van der Waals surface area (Å²) in [7, 11) is 6.82. The van der Waals surface area contributed by atoms with Gasteiger partial charge in [-0.15, -0.1) is 0 Å². The van der Waals surface area contributed by atoms with Crippen molar-refractivity contribution in [1.82, 2.24) is 9.88 Å². The number of hydrogen-bond acceptors (Lipinski definition) is 10. The smallest absolute Gasteiger partial charge is 0.235 e. The molecule has 1 aromatic heterocycles. The number of carbonyl (C=O) groups is 5. The van der Waals surface area contributed by atoms with Crippen molar-refractivity contribution in [2.24, 2.45) is 29.4 Å². The number of aliphatic hydroxyl groups is 1. The molecule has 0 radical (unpaired) electrons. The van der Waals surface area contributed by atoms with Gasteiger partial charge in [-0.3, -0.25) is 28.9 Å². The topological polar surface area (TPSA) is 164 Å². The van der Waals surface area contributed by atoms with E-state index in [1.807, 2.05) is 61.5 Å². The minimum atomic E-state index is -2.72. The molecule has 3 N–H and O–H groups in total. The van der Waals surface area contributed by atoms with Gasteiger partial charge in [0.2, 0.25) is 11.8 Å². The number of ketones is 4. The fourth-order valence-electron chi connectivity index (χ4n) is 7.26. The highest BCUT2D eigenvalue weighted by Gasteiger charge is 2.69. The summed E-state index contributed by atoms with van der Waals surface area (Å²) in [6, 6.07) is 10.3. The van der Waals surface area contributed by atoms with Crippen LogP contribution in [0.5, 0.6) is 0 Å². The molecule has 43 heavy (non-hydrogen) atoms. The number of Topliss-reactive ketones (excluding diaryl/α,β-unsaturated/α-hetero) is 4. The normalized spacial score (nSPS) is 28.7. The monoisotopic (exact) mass is 584 g/mol. The van der Waals surface area contributed by atoms with Gasteiger partial charge in [0, 0.05) is 31.8 Å². The summed E-state index contributed by atoms with van der Waals surface area (Å²) in [4.78, 5) is 75.4. The molecule has 0 saturated heterocycles. The first-order valence-corrected chi connectivity index (χ1v) is 14.1. The van der Waals surface area contributed by atoms with Crippen LogP contribution in [0, 0.1) is 23.7 Å². The average molecular weight is 585 g/mol. The Bertz CT molecular complexity index is 1740. The maximum atomic E-state index is 14.3. The number of fused-ring (bicyclic) bond motifs is 5. The van der Waals surface area contributed by atoms with Crippen LogP contribution in [0.4, 0.5) is 5.69 Å². The van der Waals surface area contributed by atoms with E-state index in [9.17, 15) is 29.1 Å². The molecule has 0 bridgehead atoms. The molecule has 3 aliphatic carbocycles. The first-order chi connectivity index (χ1) is 20.4. The minimum absolute atomic E-state index is 0.0380. The molecule has 0 spiro atoms. The number of carbonyl (C=O) groups excluding carboxylic acids is 5. The highest BCUT2D eigenvalue weighted by molar-refractivity contribution is 6.32. The van der Waals surface area contributed by atoms with E-state index in [0.717, 1.165) is 11.3 Å². The number of amides is 1. The molecular weight excluding hydrogens is 552 g/mol. The summed E-state index contributed by atoms with van der Waals surface area (Å²) in [5.41, 5.74) is 5.82. The Morgan fingerprint density at radius 3 is 2.40 bits per heavy atom. The minimum Gasteiger partial charge on any atom is -0.436 e. The van der Waals surface area contributed by atoms with Crippen molar-refractivity contribution in [3.63, 3.8) is 0 Å². The van der Waals surface area contributed by atoms with Gasteiger partial charge in [0.1, 0.15) is 5.52 Å². The highest BCUT2D eigenvalue weighted by Crippen LogP contribution is 2.51.